The van der Waals surface area contributed by atoms with Gasteiger partial charge in [0.25, 0.3) is 0 Å². The van der Waals surface area contributed by atoms with Gasteiger partial charge in [0.1, 0.15) is 5.75 Å². The molecule has 1 N–H and O–H groups in total. The van der Waals surface area contributed by atoms with Crippen LogP contribution in [0.1, 0.15) is 98.8 Å². The quantitative estimate of drug-likeness (QED) is 0.258. The van der Waals surface area contributed by atoms with Crippen LogP contribution in [-0.2, 0) is 33.2 Å². The number of aromatic hydroxyl groups is 1. The SMILES string of the molecule is Oc1c(C=Nc2cc(C(F)(F)F)cc(C(F)(F)F)c2)cccc1C1CCCCCCCCCCC1.[Cl][Zr][Cl]. The fraction of sp³-hybridized carbons (Fsp3) is 0.519. The van der Waals surface area contributed by atoms with E-state index in [1.165, 1.54) is 32.1 Å². The summed E-state index contributed by atoms with van der Waals surface area (Å²) in [5.74, 6) is 0.129. The molecule has 0 amide bonds. The minimum atomic E-state index is -4.94. The average molecular weight is 662 g/mol. The molecular formula is C27H31Cl2F6NOZr. The third-order valence-corrected chi connectivity index (χ3v) is 6.57. The van der Waals surface area contributed by atoms with Gasteiger partial charge in [0, 0.05) is 11.8 Å². The van der Waals surface area contributed by atoms with Crippen LogP contribution in [0.3, 0.4) is 0 Å². The Balaban J connectivity index is 0.00000161. The van der Waals surface area contributed by atoms with Crippen LogP contribution < -0.4 is 0 Å². The van der Waals surface area contributed by atoms with E-state index in [2.05, 4.69) is 4.99 Å². The second kappa shape index (κ2) is 16.3. The number of halogens is 8. The summed E-state index contributed by atoms with van der Waals surface area (Å²) >= 11 is -0.826. The van der Waals surface area contributed by atoms with Gasteiger partial charge in [-0.2, -0.15) is 26.3 Å². The van der Waals surface area contributed by atoms with E-state index in [1.54, 1.807) is 12.1 Å². The molecule has 2 aromatic carbocycles. The molecular weight excluding hydrogens is 630 g/mol. The number of alkyl halides is 6. The van der Waals surface area contributed by atoms with Crippen molar-refractivity contribution in [3.05, 3.63) is 58.7 Å². The van der Waals surface area contributed by atoms with E-state index in [0.717, 1.165) is 50.3 Å². The fourth-order valence-corrected chi connectivity index (χ4v) is 4.64. The molecule has 3 rings (SSSR count). The normalized spacial score (nSPS) is 16.7. The molecule has 11 heteroatoms. The molecule has 1 fully saturated rings. The standard InChI is InChI=1S/C27H31F6NO.2ClH.Zr/c28-26(29,30)21-15-22(27(31,32)33)17-23(16-21)34-18-20-13-10-14-24(25(20)35)19-11-8-6-4-2-1-3-5-7-9-12-19;;;/h10,13-19,35H,1-9,11-12H2;2*1H;/q;;;+2/p-2. The molecule has 0 heterocycles. The zero-order chi connectivity index (χ0) is 28.2. The van der Waals surface area contributed by atoms with Crippen LogP contribution in [0.15, 0.2) is 41.4 Å². The molecule has 0 aliphatic heterocycles. The van der Waals surface area contributed by atoms with Crippen molar-refractivity contribution in [2.24, 2.45) is 4.99 Å². The van der Waals surface area contributed by atoms with Gasteiger partial charge in [-0.1, -0.05) is 69.9 Å². The first-order chi connectivity index (χ1) is 18.0. The number of hydrogen-bond donors (Lipinski definition) is 1. The Hall–Kier alpha value is -1.05. The first kappa shape index (κ1) is 33.2. The molecule has 2 aromatic rings. The summed E-state index contributed by atoms with van der Waals surface area (Å²) < 4.78 is 78.8. The Morgan fingerprint density at radius 1 is 0.763 bits per heavy atom. The summed E-state index contributed by atoms with van der Waals surface area (Å²) in [7, 11) is 9.87. The Morgan fingerprint density at radius 2 is 1.21 bits per heavy atom. The van der Waals surface area contributed by atoms with Gasteiger partial charge >= 0.3 is 50.2 Å². The zero-order valence-electron chi connectivity index (χ0n) is 20.8. The Morgan fingerprint density at radius 3 is 1.66 bits per heavy atom. The van der Waals surface area contributed by atoms with Crippen molar-refractivity contribution in [3.63, 3.8) is 0 Å². The van der Waals surface area contributed by atoms with Crippen molar-refractivity contribution in [2.75, 3.05) is 0 Å². The maximum absolute atomic E-state index is 13.1. The van der Waals surface area contributed by atoms with Crippen LogP contribution >= 0.6 is 17.0 Å². The number of rotatable bonds is 3. The molecule has 1 aliphatic rings. The van der Waals surface area contributed by atoms with Gasteiger partial charge in [0.05, 0.1) is 16.8 Å². The molecule has 0 saturated heterocycles. The van der Waals surface area contributed by atoms with E-state index in [1.807, 2.05) is 6.07 Å². The molecule has 1 saturated carbocycles. The van der Waals surface area contributed by atoms with Crippen LogP contribution in [0.4, 0.5) is 32.0 Å². The molecule has 0 radical (unpaired) electrons. The Kier molecular flexibility index (Phi) is 14.2. The summed E-state index contributed by atoms with van der Waals surface area (Å²) in [6.07, 6.45) is 3.62. The van der Waals surface area contributed by atoms with Gasteiger partial charge < -0.3 is 5.11 Å². The monoisotopic (exact) mass is 659 g/mol. The van der Waals surface area contributed by atoms with Crippen molar-refractivity contribution in [1.29, 1.82) is 0 Å². The molecule has 1 aliphatic carbocycles. The number of phenols is 1. The third-order valence-electron chi connectivity index (χ3n) is 6.57. The second-order valence-corrected chi connectivity index (χ2v) is 13.1. The van der Waals surface area contributed by atoms with E-state index in [-0.39, 0.29) is 23.3 Å². The number of phenolic OH excluding ortho intramolecular Hbond substituents is 1. The van der Waals surface area contributed by atoms with Gasteiger partial charge in [-0.3, -0.25) is 4.99 Å². The van der Waals surface area contributed by atoms with Gasteiger partial charge in [-0.05, 0) is 48.6 Å². The number of aliphatic imine (C=N–C) groups is 1. The van der Waals surface area contributed by atoms with Gasteiger partial charge in [-0.15, -0.1) is 0 Å². The fourth-order valence-electron chi connectivity index (χ4n) is 4.64. The summed E-state index contributed by atoms with van der Waals surface area (Å²) in [6, 6.07) is 6.34. The molecule has 0 unspecified atom stereocenters. The van der Waals surface area contributed by atoms with Crippen molar-refractivity contribution < 1.29 is 52.3 Å². The third kappa shape index (κ3) is 11.2. The van der Waals surface area contributed by atoms with E-state index in [9.17, 15) is 31.4 Å². The predicted octanol–water partition coefficient (Wildman–Crippen LogP) is 10.9. The van der Waals surface area contributed by atoms with Crippen LogP contribution in [0.5, 0.6) is 5.75 Å². The van der Waals surface area contributed by atoms with E-state index >= 15 is 0 Å². The summed E-state index contributed by atoms with van der Waals surface area (Å²) in [5, 5.41) is 10.9. The molecule has 2 nitrogen and oxygen atoms in total. The van der Waals surface area contributed by atoms with Crippen LogP contribution in [0.25, 0.3) is 0 Å². The average Bonchev–Trinajstić information content (AvgIpc) is 2.83. The Bertz CT molecular complexity index is 985. The molecule has 38 heavy (non-hydrogen) atoms. The van der Waals surface area contributed by atoms with E-state index < -0.39 is 50.0 Å². The van der Waals surface area contributed by atoms with Crippen molar-refractivity contribution in [1.82, 2.24) is 0 Å². The summed E-state index contributed by atoms with van der Waals surface area (Å²) in [4.78, 5) is 3.87. The van der Waals surface area contributed by atoms with E-state index in [0.29, 0.717) is 12.1 Å². The van der Waals surface area contributed by atoms with Gasteiger partial charge in [0.2, 0.25) is 0 Å². The number of hydrogen-bond acceptors (Lipinski definition) is 2. The predicted molar refractivity (Wildman–Crippen MR) is 137 cm³/mol. The zero-order valence-corrected chi connectivity index (χ0v) is 24.8. The van der Waals surface area contributed by atoms with Crippen LogP contribution in [-0.4, -0.2) is 11.3 Å². The Labute approximate surface area is 238 Å². The van der Waals surface area contributed by atoms with E-state index in [4.69, 9.17) is 17.0 Å². The molecule has 210 valence electrons. The molecule has 0 spiro atoms. The summed E-state index contributed by atoms with van der Waals surface area (Å²) in [5.41, 5.74) is -2.31. The topological polar surface area (TPSA) is 32.6 Å². The maximum atomic E-state index is 13.1. The van der Waals surface area contributed by atoms with Crippen molar-refractivity contribution in [3.8, 4) is 5.75 Å². The number of benzene rings is 2. The first-order valence-electron chi connectivity index (χ1n) is 12.6. The second-order valence-electron chi connectivity index (χ2n) is 9.34. The molecule has 0 atom stereocenters. The number of para-hydroxylation sites is 1. The molecule has 0 aromatic heterocycles. The van der Waals surface area contributed by atoms with Crippen LogP contribution in [0.2, 0.25) is 0 Å². The van der Waals surface area contributed by atoms with Gasteiger partial charge in [-0.25, -0.2) is 0 Å². The summed E-state index contributed by atoms with van der Waals surface area (Å²) in [6.45, 7) is 0. The van der Waals surface area contributed by atoms with Crippen molar-refractivity contribution >= 4 is 28.9 Å². The number of nitrogens with zero attached hydrogens (tertiary/aromatic N) is 1. The minimum absolute atomic E-state index is 0.0173. The molecule has 0 bridgehead atoms. The first-order valence-corrected chi connectivity index (χ1v) is 18.9. The van der Waals surface area contributed by atoms with Crippen molar-refractivity contribution in [2.45, 2.75) is 88.9 Å². The van der Waals surface area contributed by atoms with Crippen LogP contribution in [0, 0.1) is 0 Å². The van der Waals surface area contributed by atoms with Gasteiger partial charge in [0.15, 0.2) is 0 Å².